The third-order valence-electron chi connectivity index (χ3n) is 4.48. The van der Waals surface area contributed by atoms with Crippen LogP contribution in [-0.4, -0.2) is 12.2 Å². The number of hydrogen-bond acceptors (Lipinski definition) is 2. The molecule has 1 aromatic rings. The maximum Gasteiger partial charge on any atom is 0.125 e. The minimum Gasteiger partial charge on any atom is -0.496 e. The van der Waals surface area contributed by atoms with Gasteiger partial charge in [-0.25, -0.2) is 4.39 Å². The number of ether oxygens (including phenoxy) is 1. The van der Waals surface area contributed by atoms with Crippen molar-refractivity contribution >= 4 is 0 Å². The van der Waals surface area contributed by atoms with Gasteiger partial charge in [-0.1, -0.05) is 20.8 Å². The third-order valence-corrected chi connectivity index (χ3v) is 4.48. The van der Waals surface area contributed by atoms with Gasteiger partial charge in [0.1, 0.15) is 11.6 Å². The van der Waals surface area contributed by atoms with Crippen molar-refractivity contribution in [3.05, 3.63) is 29.6 Å². The van der Waals surface area contributed by atoms with Crippen molar-refractivity contribution in [1.82, 2.24) is 0 Å². The van der Waals surface area contributed by atoms with E-state index in [4.69, 9.17) is 4.74 Å². The first kappa shape index (κ1) is 14.3. The average molecular weight is 266 g/mol. The van der Waals surface area contributed by atoms with Gasteiger partial charge >= 0.3 is 0 Å². The van der Waals surface area contributed by atoms with Crippen LogP contribution in [0.5, 0.6) is 5.75 Å². The molecule has 1 N–H and O–H groups in total. The van der Waals surface area contributed by atoms with E-state index in [9.17, 15) is 9.50 Å². The molecule has 2 rings (SSSR count). The van der Waals surface area contributed by atoms with Crippen molar-refractivity contribution < 1.29 is 14.2 Å². The van der Waals surface area contributed by atoms with E-state index in [0.717, 1.165) is 12.8 Å². The molecule has 106 valence electrons. The van der Waals surface area contributed by atoms with Crippen molar-refractivity contribution in [2.45, 2.75) is 45.6 Å². The monoisotopic (exact) mass is 266 g/mol. The van der Waals surface area contributed by atoms with Gasteiger partial charge < -0.3 is 9.84 Å². The molecule has 1 fully saturated rings. The van der Waals surface area contributed by atoms with Crippen LogP contribution in [0.25, 0.3) is 0 Å². The number of aliphatic hydroxyl groups is 1. The van der Waals surface area contributed by atoms with Gasteiger partial charge in [-0.05, 0) is 48.8 Å². The van der Waals surface area contributed by atoms with Gasteiger partial charge in [0.2, 0.25) is 0 Å². The summed E-state index contributed by atoms with van der Waals surface area (Å²) >= 11 is 0. The average Bonchev–Trinajstić information content (AvgIpc) is 2.34. The van der Waals surface area contributed by atoms with Crippen LogP contribution in [-0.2, 0) is 5.60 Å². The summed E-state index contributed by atoms with van der Waals surface area (Å²) in [6, 6.07) is 4.37. The highest BCUT2D eigenvalue weighted by Gasteiger charge is 2.45. The van der Waals surface area contributed by atoms with Crippen molar-refractivity contribution in [2.75, 3.05) is 7.11 Å². The molecule has 2 atom stereocenters. The second-order valence-corrected chi connectivity index (χ2v) is 6.54. The Morgan fingerprint density at radius 3 is 2.58 bits per heavy atom. The van der Waals surface area contributed by atoms with Crippen LogP contribution in [0.1, 0.15) is 45.6 Å². The van der Waals surface area contributed by atoms with Gasteiger partial charge in [0, 0.05) is 5.56 Å². The molecule has 0 aliphatic heterocycles. The Morgan fingerprint density at radius 1 is 1.32 bits per heavy atom. The second kappa shape index (κ2) is 4.78. The largest absolute Gasteiger partial charge is 0.496 e. The molecule has 2 nitrogen and oxygen atoms in total. The van der Waals surface area contributed by atoms with Gasteiger partial charge in [-0.15, -0.1) is 0 Å². The van der Waals surface area contributed by atoms with Gasteiger partial charge in [0.05, 0.1) is 12.7 Å². The van der Waals surface area contributed by atoms with E-state index >= 15 is 0 Å². The van der Waals surface area contributed by atoms with Crippen LogP contribution in [0.2, 0.25) is 0 Å². The minimum atomic E-state index is -0.997. The molecular weight excluding hydrogens is 243 g/mol. The summed E-state index contributed by atoms with van der Waals surface area (Å²) in [6.07, 6.45) is 2.48. The molecule has 1 aliphatic carbocycles. The number of benzene rings is 1. The molecule has 0 aromatic heterocycles. The highest BCUT2D eigenvalue weighted by molar-refractivity contribution is 5.39. The normalized spacial score (nSPS) is 30.1. The Hall–Kier alpha value is -1.09. The minimum absolute atomic E-state index is 0.0759. The molecule has 0 saturated heterocycles. The summed E-state index contributed by atoms with van der Waals surface area (Å²) in [5.41, 5.74) is -0.187. The topological polar surface area (TPSA) is 29.5 Å². The lowest BCUT2D eigenvalue weighted by molar-refractivity contribution is -0.0783. The molecule has 0 amide bonds. The predicted octanol–water partition coefficient (Wildman–Crippen LogP) is 3.87. The van der Waals surface area contributed by atoms with E-state index in [-0.39, 0.29) is 17.2 Å². The van der Waals surface area contributed by atoms with Crippen LogP contribution in [0.4, 0.5) is 4.39 Å². The van der Waals surface area contributed by atoms with E-state index in [1.54, 1.807) is 13.2 Å². The lowest BCUT2D eigenvalue weighted by Gasteiger charge is -2.45. The quantitative estimate of drug-likeness (QED) is 0.880. The number of methoxy groups -OCH3 is 1. The van der Waals surface area contributed by atoms with E-state index < -0.39 is 5.60 Å². The first-order valence-electron chi connectivity index (χ1n) is 6.85. The second-order valence-electron chi connectivity index (χ2n) is 6.54. The summed E-state index contributed by atoms with van der Waals surface area (Å²) in [5.74, 6) is 0.309. The van der Waals surface area contributed by atoms with Crippen molar-refractivity contribution in [2.24, 2.45) is 11.3 Å². The smallest absolute Gasteiger partial charge is 0.125 e. The summed E-state index contributed by atoms with van der Waals surface area (Å²) in [5, 5.41) is 11.0. The van der Waals surface area contributed by atoms with Crippen molar-refractivity contribution in [3.8, 4) is 5.75 Å². The van der Waals surface area contributed by atoms with Crippen LogP contribution in [0.3, 0.4) is 0 Å². The van der Waals surface area contributed by atoms with Crippen LogP contribution in [0.15, 0.2) is 18.2 Å². The standard InChI is InChI=1S/C16H23FO2/c1-11-10-15(2,3)7-8-16(11,18)13-9-12(17)5-6-14(13)19-4/h5-6,9,11,18H,7-8,10H2,1-4H3. The van der Waals surface area contributed by atoms with Gasteiger partial charge in [0.15, 0.2) is 0 Å². The van der Waals surface area contributed by atoms with E-state index in [0.29, 0.717) is 17.7 Å². The number of rotatable bonds is 2. The molecule has 0 spiro atoms. The van der Waals surface area contributed by atoms with Crippen LogP contribution >= 0.6 is 0 Å². The van der Waals surface area contributed by atoms with Gasteiger partial charge in [-0.2, -0.15) is 0 Å². The first-order valence-corrected chi connectivity index (χ1v) is 6.85. The maximum absolute atomic E-state index is 13.5. The Labute approximate surface area is 114 Å². The van der Waals surface area contributed by atoms with Crippen molar-refractivity contribution in [3.63, 3.8) is 0 Å². The SMILES string of the molecule is COc1ccc(F)cc1C1(O)CCC(C)(C)CC1C. The number of hydrogen-bond donors (Lipinski definition) is 1. The van der Waals surface area contributed by atoms with E-state index in [1.165, 1.54) is 12.1 Å². The summed E-state index contributed by atoms with van der Waals surface area (Å²) in [7, 11) is 1.55. The Morgan fingerprint density at radius 2 is 2.00 bits per heavy atom. The predicted molar refractivity (Wildman–Crippen MR) is 73.6 cm³/mol. The maximum atomic E-state index is 13.5. The molecule has 1 aromatic carbocycles. The summed E-state index contributed by atoms with van der Waals surface area (Å²) in [4.78, 5) is 0. The van der Waals surface area contributed by atoms with E-state index in [1.807, 2.05) is 6.92 Å². The summed E-state index contributed by atoms with van der Waals surface area (Å²) < 4.78 is 18.8. The Bertz CT molecular complexity index is 470. The lowest BCUT2D eigenvalue weighted by Crippen LogP contribution is -2.42. The van der Waals surface area contributed by atoms with Crippen LogP contribution in [0, 0.1) is 17.2 Å². The zero-order chi connectivity index (χ0) is 14.3. The highest BCUT2D eigenvalue weighted by atomic mass is 19.1. The molecule has 2 unspecified atom stereocenters. The van der Waals surface area contributed by atoms with Gasteiger partial charge in [0.25, 0.3) is 0 Å². The molecular formula is C16H23FO2. The molecule has 0 radical (unpaired) electrons. The Balaban J connectivity index is 2.42. The molecule has 1 aliphatic rings. The fourth-order valence-electron chi connectivity index (χ4n) is 3.29. The Kier molecular flexibility index (Phi) is 3.61. The molecule has 19 heavy (non-hydrogen) atoms. The van der Waals surface area contributed by atoms with E-state index in [2.05, 4.69) is 13.8 Å². The zero-order valence-corrected chi connectivity index (χ0v) is 12.2. The van der Waals surface area contributed by atoms with Crippen molar-refractivity contribution in [1.29, 1.82) is 0 Å². The third kappa shape index (κ3) is 2.62. The zero-order valence-electron chi connectivity index (χ0n) is 12.2. The first-order chi connectivity index (χ1) is 8.78. The number of halogens is 1. The van der Waals surface area contributed by atoms with Gasteiger partial charge in [-0.3, -0.25) is 0 Å². The summed E-state index contributed by atoms with van der Waals surface area (Å²) in [6.45, 7) is 6.46. The fraction of sp³-hybridized carbons (Fsp3) is 0.625. The molecule has 3 heteroatoms. The molecule has 0 bridgehead atoms. The highest BCUT2D eigenvalue weighted by Crippen LogP contribution is 2.50. The lowest BCUT2D eigenvalue weighted by atomic mass is 9.63. The molecule has 1 saturated carbocycles. The van der Waals surface area contributed by atoms with Crippen LogP contribution < -0.4 is 4.74 Å². The fourth-order valence-corrected chi connectivity index (χ4v) is 3.29. The molecule has 0 heterocycles.